The molecule has 0 aromatic rings. The maximum Gasteiger partial charge on any atom is 0.331 e. The van der Waals surface area contributed by atoms with Gasteiger partial charge in [-0.15, -0.1) is 0 Å². The van der Waals surface area contributed by atoms with Crippen molar-refractivity contribution in [3.63, 3.8) is 0 Å². The Balaban J connectivity index is 2.44. The molecule has 5 nitrogen and oxygen atoms in total. The second-order valence-corrected chi connectivity index (χ2v) is 6.33. The van der Waals surface area contributed by atoms with E-state index in [2.05, 4.69) is 5.32 Å². The average Bonchev–Trinajstić information content (AvgIpc) is 2.51. The van der Waals surface area contributed by atoms with Crippen LogP contribution >= 0.6 is 0 Å². The molecular formula is C16H26N2O3. The van der Waals surface area contributed by atoms with Crippen LogP contribution in [0.1, 0.15) is 72.1 Å². The first kappa shape index (κ1) is 16.0. The molecule has 1 aliphatic heterocycles. The predicted octanol–water partition coefficient (Wildman–Crippen LogP) is 2.98. The van der Waals surface area contributed by atoms with E-state index in [1.54, 1.807) is 0 Å². The van der Waals surface area contributed by atoms with Gasteiger partial charge >= 0.3 is 6.03 Å². The summed E-state index contributed by atoms with van der Waals surface area (Å²) in [6.45, 7) is 5.99. The summed E-state index contributed by atoms with van der Waals surface area (Å²) in [6.07, 6.45) is 6.06. The first-order valence-electron chi connectivity index (χ1n) is 8.17. The third-order valence-electron chi connectivity index (χ3n) is 5.63. The number of nitrogens with one attached hydrogen (secondary N) is 1. The Bertz CT molecular complexity index is 440. The molecule has 2 aliphatic rings. The van der Waals surface area contributed by atoms with Gasteiger partial charge in [0.2, 0.25) is 11.8 Å². The van der Waals surface area contributed by atoms with Gasteiger partial charge in [-0.2, -0.15) is 0 Å². The number of imide groups is 2. The topological polar surface area (TPSA) is 66.5 Å². The molecule has 0 radical (unpaired) electrons. The van der Waals surface area contributed by atoms with E-state index in [1.165, 1.54) is 4.90 Å². The van der Waals surface area contributed by atoms with E-state index in [4.69, 9.17) is 0 Å². The Kier molecular flexibility index (Phi) is 4.40. The Labute approximate surface area is 126 Å². The zero-order chi connectivity index (χ0) is 15.7. The fourth-order valence-corrected chi connectivity index (χ4v) is 3.93. The summed E-state index contributed by atoms with van der Waals surface area (Å²) in [7, 11) is 0. The number of amides is 4. The minimum absolute atomic E-state index is 0.262. The van der Waals surface area contributed by atoms with E-state index in [0.29, 0.717) is 32.1 Å². The SMILES string of the molecule is CCC(CC)(CC)N1C(=O)NC(=O)C2(CCCCC2)C1=O. The first-order valence-corrected chi connectivity index (χ1v) is 8.17. The van der Waals surface area contributed by atoms with Crippen LogP contribution in [0, 0.1) is 5.41 Å². The van der Waals surface area contributed by atoms with E-state index in [-0.39, 0.29) is 11.8 Å². The van der Waals surface area contributed by atoms with Crippen LogP contribution in [0.2, 0.25) is 0 Å². The highest BCUT2D eigenvalue weighted by atomic mass is 16.2. The molecule has 0 atom stereocenters. The number of barbiturate groups is 1. The summed E-state index contributed by atoms with van der Waals surface area (Å²) >= 11 is 0. The summed E-state index contributed by atoms with van der Waals surface area (Å²) in [4.78, 5) is 39.2. The molecule has 0 aromatic heterocycles. The smallest absolute Gasteiger partial charge is 0.277 e. The fraction of sp³-hybridized carbons (Fsp3) is 0.812. The summed E-state index contributed by atoms with van der Waals surface area (Å²) in [5.74, 6) is -0.646. The lowest BCUT2D eigenvalue weighted by atomic mass is 9.70. The molecule has 1 heterocycles. The maximum absolute atomic E-state index is 13.1. The third-order valence-corrected chi connectivity index (χ3v) is 5.63. The number of rotatable bonds is 4. The molecule has 0 aromatic carbocycles. The van der Waals surface area contributed by atoms with Crippen molar-refractivity contribution in [2.45, 2.75) is 77.7 Å². The Morgan fingerprint density at radius 3 is 2.00 bits per heavy atom. The van der Waals surface area contributed by atoms with E-state index < -0.39 is 17.0 Å². The lowest BCUT2D eigenvalue weighted by molar-refractivity contribution is -0.158. The van der Waals surface area contributed by atoms with Crippen molar-refractivity contribution in [1.29, 1.82) is 0 Å². The molecule has 1 spiro atoms. The number of urea groups is 1. The third kappa shape index (κ3) is 2.27. The second kappa shape index (κ2) is 5.78. The Morgan fingerprint density at radius 1 is 1.00 bits per heavy atom. The van der Waals surface area contributed by atoms with E-state index in [9.17, 15) is 14.4 Å². The van der Waals surface area contributed by atoms with Crippen molar-refractivity contribution in [1.82, 2.24) is 10.2 Å². The number of hydrogen-bond acceptors (Lipinski definition) is 3. The molecule has 2 rings (SSSR count). The quantitative estimate of drug-likeness (QED) is 0.811. The van der Waals surface area contributed by atoms with Crippen LogP contribution in [0.25, 0.3) is 0 Å². The molecule has 0 unspecified atom stereocenters. The Hall–Kier alpha value is -1.39. The minimum atomic E-state index is -1.00. The zero-order valence-corrected chi connectivity index (χ0v) is 13.3. The average molecular weight is 294 g/mol. The lowest BCUT2D eigenvalue weighted by Crippen LogP contribution is -2.69. The fourth-order valence-electron chi connectivity index (χ4n) is 3.93. The van der Waals surface area contributed by atoms with Gasteiger partial charge < -0.3 is 0 Å². The summed E-state index contributed by atoms with van der Waals surface area (Å²) in [6, 6.07) is -0.535. The molecule has 0 bridgehead atoms. The van der Waals surface area contributed by atoms with Gasteiger partial charge in [0.25, 0.3) is 0 Å². The van der Waals surface area contributed by atoms with E-state index in [0.717, 1.165) is 19.3 Å². The van der Waals surface area contributed by atoms with Crippen molar-refractivity contribution in [3.05, 3.63) is 0 Å². The second-order valence-electron chi connectivity index (χ2n) is 6.33. The van der Waals surface area contributed by atoms with Gasteiger partial charge in [-0.3, -0.25) is 19.8 Å². The summed E-state index contributed by atoms with van der Waals surface area (Å²) < 4.78 is 0. The summed E-state index contributed by atoms with van der Waals surface area (Å²) in [5, 5.41) is 2.46. The van der Waals surface area contributed by atoms with Gasteiger partial charge in [0.1, 0.15) is 5.41 Å². The molecule has 2 fully saturated rings. The minimum Gasteiger partial charge on any atom is -0.277 e. The highest BCUT2D eigenvalue weighted by Crippen LogP contribution is 2.43. The first-order chi connectivity index (χ1) is 9.97. The zero-order valence-electron chi connectivity index (χ0n) is 13.3. The van der Waals surface area contributed by atoms with Crippen LogP contribution < -0.4 is 5.32 Å². The van der Waals surface area contributed by atoms with Crippen LogP contribution in [-0.4, -0.2) is 28.3 Å². The van der Waals surface area contributed by atoms with Crippen LogP contribution in [0.15, 0.2) is 0 Å². The molecule has 21 heavy (non-hydrogen) atoms. The normalized spacial score (nSPS) is 22.6. The number of carbonyl (C=O) groups is 3. The van der Waals surface area contributed by atoms with Gasteiger partial charge in [0, 0.05) is 0 Å². The Morgan fingerprint density at radius 2 is 1.52 bits per heavy atom. The molecule has 1 saturated heterocycles. The number of nitrogens with zero attached hydrogens (tertiary/aromatic N) is 1. The van der Waals surface area contributed by atoms with Crippen molar-refractivity contribution in [2.24, 2.45) is 5.41 Å². The van der Waals surface area contributed by atoms with Crippen LogP contribution in [-0.2, 0) is 9.59 Å². The van der Waals surface area contributed by atoms with Crippen LogP contribution in [0.4, 0.5) is 4.79 Å². The highest BCUT2D eigenvalue weighted by molar-refractivity contribution is 6.19. The highest BCUT2D eigenvalue weighted by Gasteiger charge is 2.57. The van der Waals surface area contributed by atoms with Crippen LogP contribution in [0.3, 0.4) is 0 Å². The van der Waals surface area contributed by atoms with Gasteiger partial charge in [0.05, 0.1) is 5.54 Å². The summed E-state index contributed by atoms with van der Waals surface area (Å²) in [5.41, 5.74) is -1.48. The molecule has 4 amide bonds. The molecule has 1 saturated carbocycles. The standard InChI is InChI=1S/C16H26N2O3/c1-4-15(5-2,6-3)18-13(20)16(10-8-7-9-11-16)12(19)17-14(18)21/h4-11H2,1-3H3,(H,17,19,21). The van der Waals surface area contributed by atoms with Crippen molar-refractivity contribution in [2.75, 3.05) is 0 Å². The van der Waals surface area contributed by atoms with E-state index >= 15 is 0 Å². The predicted molar refractivity (Wildman–Crippen MR) is 79.5 cm³/mol. The van der Waals surface area contributed by atoms with E-state index in [1.807, 2.05) is 20.8 Å². The van der Waals surface area contributed by atoms with Gasteiger partial charge in [-0.05, 0) is 32.1 Å². The molecule has 1 N–H and O–H groups in total. The monoisotopic (exact) mass is 294 g/mol. The largest absolute Gasteiger partial charge is 0.331 e. The van der Waals surface area contributed by atoms with Gasteiger partial charge in [0.15, 0.2) is 0 Å². The maximum atomic E-state index is 13.1. The number of carbonyl (C=O) groups excluding carboxylic acids is 3. The molecule has 5 heteroatoms. The molecule has 1 aliphatic carbocycles. The lowest BCUT2D eigenvalue weighted by Gasteiger charge is -2.49. The molecular weight excluding hydrogens is 268 g/mol. The number of hydrogen-bond donors (Lipinski definition) is 1. The van der Waals surface area contributed by atoms with Crippen molar-refractivity contribution < 1.29 is 14.4 Å². The van der Waals surface area contributed by atoms with Gasteiger partial charge in [-0.1, -0.05) is 40.0 Å². The molecule has 118 valence electrons. The van der Waals surface area contributed by atoms with Crippen molar-refractivity contribution in [3.8, 4) is 0 Å². The van der Waals surface area contributed by atoms with Gasteiger partial charge in [-0.25, -0.2) is 4.79 Å². The van der Waals surface area contributed by atoms with Crippen molar-refractivity contribution >= 4 is 17.8 Å². The van der Waals surface area contributed by atoms with Crippen LogP contribution in [0.5, 0.6) is 0 Å².